The summed E-state index contributed by atoms with van der Waals surface area (Å²) >= 11 is 8.53. The van der Waals surface area contributed by atoms with Gasteiger partial charge in [0.2, 0.25) is 0 Å². The number of hydrogen-bond acceptors (Lipinski definition) is 8. The van der Waals surface area contributed by atoms with Crippen LogP contribution in [-0.2, 0) is 18.9 Å². The van der Waals surface area contributed by atoms with Crippen LogP contribution in [0.2, 0.25) is 0 Å². The zero-order chi connectivity index (χ0) is 18.3. The molecule has 0 amide bonds. The first-order chi connectivity index (χ1) is 11.3. The Labute approximate surface area is 167 Å². The Morgan fingerprint density at radius 2 is 1.33 bits per heavy atom. The Morgan fingerprint density at radius 1 is 0.792 bits per heavy atom. The third kappa shape index (κ3) is 19.6. The lowest BCUT2D eigenvalue weighted by Crippen LogP contribution is -2.17. The summed E-state index contributed by atoms with van der Waals surface area (Å²) < 4.78 is 21.8. The molecule has 0 aliphatic rings. The largest absolute Gasteiger partial charge is 0.355 e. The van der Waals surface area contributed by atoms with Gasteiger partial charge >= 0.3 is 0 Å². The number of rotatable bonds is 17. The Bertz CT molecular complexity index is 286. The molecule has 4 nitrogen and oxygen atoms in total. The van der Waals surface area contributed by atoms with Gasteiger partial charge in [-0.05, 0) is 26.7 Å². The van der Waals surface area contributed by atoms with E-state index >= 15 is 0 Å². The highest BCUT2D eigenvalue weighted by Crippen LogP contribution is 2.37. The maximum atomic E-state index is 5.47. The molecule has 0 aromatic rings. The van der Waals surface area contributed by atoms with E-state index in [1.807, 2.05) is 21.6 Å². The van der Waals surface area contributed by atoms with Crippen LogP contribution in [-0.4, -0.2) is 61.0 Å². The molecule has 0 saturated carbocycles. The molecule has 0 aliphatic carbocycles. The average molecular weight is 419 g/mol. The van der Waals surface area contributed by atoms with Gasteiger partial charge in [-0.3, -0.25) is 0 Å². The smallest absolute Gasteiger partial charge is 0.146 e. The van der Waals surface area contributed by atoms with E-state index in [1.165, 1.54) is 0 Å². The van der Waals surface area contributed by atoms with E-state index in [1.54, 1.807) is 0 Å². The molecule has 146 valence electrons. The average Bonchev–Trinajstić information content (AvgIpc) is 2.48. The zero-order valence-corrected chi connectivity index (χ0v) is 18.8. The lowest BCUT2D eigenvalue weighted by Gasteiger charge is -2.23. The SMILES string of the molecule is CC(C)(S)CCOCOCCSSC(C)(C)CCOCOCCS. The number of thiol groups is 2. The van der Waals surface area contributed by atoms with E-state index in [0.29, 0.717) is 40.0 Å². The minimum atomic E-state index is 0.0144. The van der Waals surface area contributed by atoms with Crippen molar-refractivity contribution in [2.24, 2.45) is 0 Å². The maximum absolute atomic E-state index is 5.47. The Hall–Kier alpha value is 1.24. The molecule has 0 bridgehead atoms. The molecule has 0 rings (SSSR count). The summed E-state index contributed by atoms with van der Waals surface area (Å²) in [6.07, 6.45) is 1.90. The molecular weight excluding hydrogens is 384 g/mol. The summed E-state index contributed by atoms with van der Waals surface area (Å²) in [5.74, 6) is 1.67. The van der Waals surface area contributed by atoms with Crippen LogP contribution in [0.15, 0.2) is 0 Å². The summed E-state index contributed by atoms with van der Waals surface area (Å²) in [4.78, 5) is 0. The van der Waals surface area contributed by atoms with Crippen molar-refractivity contribution < 1.29 is 18.9 Å². The topological polar surface area (TPSA) is 36.9 Å². The molecule has 0 aliphatic heterocycles. The summed E-state index contributed by atoms with van der Waals surface area (Å²) in [6.45, 7) is 12.1. The van der Waals surface area contributed by atoms with Crippen LogP contribution >= 0.6 is 46.8 Å². The van der Waals surface area contributed by atoms with Crippen molar-refractivity contribution in [1.29, 1.82) is 0 Å². The summed E-state index contributed by atoms with van der Waals surface area (Å²) in [6, 6.07) is 0. The maximum Gasteiger partial charge on any atom is 0.146 e. The van der Waals surface area contributed by atoms with Gasteiger partial charge < -0.3 is 18.9 Å². The monoisotopic (exact) mass is 418 g/mol. The van der Waals surface area contributed by atoms with E-state index in [-0.39, 0.29) is 9.49 Å². The summed E-state index contributed by atoms with van der Waals surface area (Å²) in [5, 5.41) is 0. The first-order valence-corrected chi connectivity index (χ1v) is 11.6. The van der Waals surface area contributed by atoms with Crippen molar-refractivity contribution in [2.75, 3.05) is 51.5 Å². The molecule has 0 heterocycles. The fourth-order valence-corrected chi connectivity index (χ4v) is 4.03. The van der Waals surface area contributed by atoms with Crippen LogP contribution in [0, 0.1) is 0 Å². The van der Waals surface area contributed by atoms with Crippen molar-refractivity contribution in [3.8, 4) is 0 Å². The lowest BCUT2D eigenvalue weighted by molar-refractivity contribution is -0.0501. The predicted molar refractivity (Wildman–Crippen MR) is 114 cm³/mol. The highest BCUT2D eigenvalue weighted by atomic mass is 33.1. The Morgan fingerprint density at radius 3 is 1.92 bits per heavy atom. The van der Waals surface area contributed by atoms with Crippen molar-refractivity contribution in [3.63, 3.8) is 0 Å². The van der Waals surface area contributed by atoms with Gasteiger partial charge in [0.25, 0.3) is 0 Å². The minimum Gasteiger partial charge on any atom is -0.355 e. The highest BCUT2D eigenvalue weighted by molar-refractivity contribution is 8.77. The summed E-state index contributed by atoms with van der Waals surface area (Å²) in [5.41, 5.74) is 0. The number of ether oxygens (including phenoxy) is 4. The highest BCUT2D eigenvalue weighted by Gasteiger charge is 2.18. The van der Waals surface area contributed by atoms with Crippen LogP contribution in [0.25, 0.3) is 0 Å². The molecule has 24 heavy (non-hydrogen) atoms. The molecule has 0 spiro atoms. The van der Waals surface area contributed by atoms with Crippen molar-refractivity contribution >= 4 is 46.8 Å². The third-order valence-electron chi connectivity index (χ3n) is 2.87. The second-order valence-corrected chi connectivity index (χ2v) is 11.4. The fourth-order valence-electron chi connectivity index (χ4n) is 1.39. The van der Waals surface area contributed by atoms with Crippen LogP contribution in [0.3, 0.4) is 0 Å². The molecule has 0 atom stereocenters. The van der Waals surface area contributed by atoms with Gasteiger partial charge in [0, 0.05) is 21.0 Å². The first-order valence-electron chi connectivity index (χ1n) is 8.22. The van der Waals surface area contributed by atoms with E-state index in [0.717, 1.165) is 24.3 Å². The van der Waals surface area contributed by atoms with Crippen molar-refractivity contribution in [1.82, 2.24) is 0 Å². The second-order valence-electron chi connectivity index (χ2n) is 6.57. The van der Waals surface area contributed by atoms with Crippen LogP contribution in [0.5, 0.6) is 0 Å². The molecule has 0 radical (unpaired) electrons. The van der Waals surface area contributed by atoms with Gasteiger partial charge in [-0.1, -0.05) is 35.4 Å². The fraction of sp³-hybridized carbons (Fsp3) is 1.00. The van der Waals surface area contributed by atoms with Gasteiger partial charge in [0.1, 0.15) is 13.6 Å². The Kier molecular flexibility index (Phi) is 16.1. The molecule has 0 N–H and O–H groups in total. The first kappa shape index (κ1) is 25.2. The van der Waals surface area contributed by atoms with E-state index in [2.05, 4.69) is 53.0 Å². The normalized spacial score (nSPS) is 12.8. The molecule has 0 unspecified atom stereocenters. The zero-order valence-electron chi connectivity index (χ0n) is 15.4. The quantitative estimate of drug-likeness (QED) is 0.156. The van der Waals surface area contributed by atoms with Crippen LogP contribution < -0.4 is 0 Å². The van der Waals surface area contributed by atoms with E-state index in [9.17, 15) is 0 Å². The van der Waals surface area contributed by atoms with Gasteiger partial charge in [-0.2, -0.15) is 25.3 Å². The van der Waals surface area contributed by atoms with Gasteiger partial charge in [-0.25, -0.2) is 0 Å². The molecule has 8 heteroatoms. The Balaban J connectivity index is 3.39. The third-order valence-corrected chi connectivity index (χ3v) is 6.59. The van der Waals surface area contributed by atoms with E-state index < -0.39 is 0 Å². The number of hydrogen-bond donors (Lipinski definition) is 2. The van der Waals surface area contributed by atoms with Crippen LogP contribution in [0.4, 0.5) is 0 Å². The second kappa shape index (κ2) is 15.3. The standard InChI is InChI=1S/C16H34O4S4/c1-15(2,22)5-7-17-14-20-10-12-23-24-16(3,4)6-8-18-13-19-9-11-21/h21-22H,5-14H2,1-4H3. The minimum absolute atomic E-state index is 0.0144. The van der Waals surface area contributed by atoms with Crippen molar-refractivity contribution in [2.45, 2.75) is 50.0 Å². The van der Waals surface area contributed by atoms with Crippen molar-refractivity contribution in [3.05, 3.63) is 0 Å². The molecule has 0 aromatic heterocycles. The molecule has 0 aromatic carbocycles. The van der Waals surface area contributed by atoms with Gasteiger partial charge in [0.15, 0.2) is 0 Å². The summed E-state index contributed by atoms with van der Waals surface area (Å²) in [7, 11) is 3.70. The van der Waals surface area contributed by atoms with Gasteiger partial charge in [0.05, 0.1) is 26.4 Å². The van der Waals surface area contributed by atoms with Crippen LogP contribution in [0.1, 0.15) is 40.5 Å². The molecule has 0 saturated heterocycles. The van der Waals surface area contributed by atoms with E-state index in [4.69, 9.17) is 18.9 Å². The molecule has 0 fully saturated rings. The lowest BCUT2D eigenvalue weighted by atomic mass is 10.1. The molecular formula is C16H34O4S4. The van der Waals surface area contributed by atoms with Gasteiger partial charge in [-0.15, -0.1) is 0 Å². The predicted octanol–water partition coefficient (Wildman–Crippen LogP) is 4.55.